The van der Waals surface area contributed by atoms with Gasteiger partial charge in [0.05, 0.1) is 23.1 Å². The lowest BCUT2D eigenvalue weighted by Crippen LogP contribution is -2.04. The van der Waals surface area contributed by atoms with E-state index in [9.17, 15) is 18.3 Å². The normalized spacial score (nSPS) is 11.7. The molecule has 0 bridgehead atoms. The van der Waals surface area contributed by atoms with E-state index in [1.165, 1.54) is 12.3 Å². The number of alkyl halides is 3. The molecule has 2 rings (SSSR count). The summed E-state index contributed by atoms with van der Waals surface area (Å²) >= 11 is 0. The van der Waals surface area contributed by atoms with E-state index >= 15 is 0 Å². The molecule has 0 saturated heterocycles. The smallest absolute Gasteiger partial charge is 0.416 e. The number of phenols is 1. The summed E-state index contributed by atoms with van der Waals surface area (Å²) in [7, 11) is 0. The standard InChI is InChI=1S/C10H8F3N3O/c11-10(12,13)6-1-5(2-7(17)3-6)9-8(14)4-15-16-9/h1-4,17H,14H2,(H,15,16). The van der Waals surface area contributed by atoms with Crippen molar-refractivity contribution in [1.29, 1.82) is 0 Å². The van der Waals surface area contributed by atoms with Crippen LogP contribution in [0.4, 0.5) is 18.9 Å². The molecule has 1 heterocycles. The zero-order valence-corrected chi connectivity index (χ0v) is 8.42. The zero-order chi connectivity index (χ0) is 12.6. The Kier molecular flexibility index (Phi) is 2.45. The Morgan fingerprint density at radius 3 is 2.47 bits per heavy atom. The molecule has 0 aliphatic carbocycles. The number of anilines is 1. The van der Waals surface area contributed by atoms with Crippen LogP contribution >= 0.6 is 0 Å². The first-order valence-electron chi connectivity index (χ1n) is 4.58. The first-order valence-corrected chi connectivity index (χ1v) is 4.58. The van der Waals surface area contributed by atoms with Gasteiger partial charge < -0.3 is 10.8 Å². The van der Waals surface area contributed by atoms with Crippen LogP contribution in [-0.4, -0.2) is 15.3 Å². The second kappa shape index (κ2) is 3.69. The van der Waals surface area contributed by atoms with Gasteiger partial charge in [0.25, 0.3) is 0 Å². The summed E-state index contributed by atoms with van der Waals surface area (Å²) in [6.45, 7) is 0. The van der Waals surface area contributed by atoms with E-state index in [1.807, 2.05) is 0 Å². The molecule has 17 heavy (non-hydrogen) atoms. The molecule has 2 aromatic rings. The van der Waals surface area contributed by atoms with Crippen molar-refractivity contribution in [3.8, 4) is 17.0 Å². The Hall–Kier alpha value is -2.18. The van der Waals surface area contributed by atoms with Crippen LogP contribution < -0.4 is 5.73 Å². The number of nitrogen functional groups attached to an aromatic ring is 1. The van der Waals surface area contributed by atoms with Gasteiger partial charge in [-0.1, -0.05) is 0 Å². The lowest BCUT2D eigenvalue weighted by atomic mass is 10.1. The van der Waals surface area contributed by atoms with E-state index in [0.29, 0.717) is 6.07 Å². The highest BCUT2D eigenvalue weighted by Gasteiger charge is 2.31. The third kappa shape index (κ3) is 2.17. The molecule has 0 fully saturated rings. The summed E-state index contributed by atoms with van der Waals surface area (Å²) in [5.41, 5.74) is 5.17. The number of aromatic amines is 1. The molecule has 0 unspecified atom stereocenters. The number of nitrogens with two attached hydrogens (primary N) is 1. The van der Waals surface area contributed by atoms with Gasteiger partial charge in [0, 0.05) is 5.56 Å². The minimum absolute atomic E-state index is 0.132. The molecule has 1 aromatic carbocycles. The third-order valence-electron chi connectivity index (χ3n) is 2.20. The number of hydrogen-bond acceptors (Lipinski definition) is 3. The molecule has 0 amide bonds. The zero-order valence-electron chi connectivity index (χ0n) is 8.42. The highest BCUT2D eigenvalue weighted by molar-refractivity contribution is 5.73. The molecule has 7 heteroatoms. The number of halogens is 3. The van der Waals surface area contributed by atoms with Gasteiger partial charge in [-0.3, -0.25) is 5.10 Å². The van der Waals surface area contributed by atoms with Crippen LogP contribution in [0.2, 0.25) is 0 Å². The topological polar surface area (TPSA) is 74.9 Å². The summed E-state index contributed by atoms with van der Waals surface area (Å²) in [5, 5.41) is 15.4. The minimum atomic E-state index is -4.53. The largest absolute Gasteiger partial charge is 0.508 e. The molecule has 90 valence electrons. The monoisotopic (exact) mass is 243 g/mol. The SMILES string of the molecule is Nc1cn[nH]c1-c1cc(O)cc(C(F)(F)F)c1. The van der Waals surface area contributed by atoms with Crippen molar-refractivity contribution in [2.24, 2.45) is 0 Å². The first-order chi connectivity index (χ1) is 7.88. The Morgan fingerprint density at radius 1 is 1.24 bits per heavy atom. The average molecular weight is 243 g/mol. The number of hydrogen-bond donors (Lipinski definition) is 3. The molecule has 0 aliphatic heterocycles. The quantitative estimate of drug-likeness (QED) is 0.719. The molecule has 0 saturated carbocycles. The first kappa shape index (κ1) is 11.3. The Labute approximate surface area is 93.9 Å². The highest BCUT2D eigenvalue weighted by Crippen LogP contribution is 2.35. The van der Waals surface area contributed by atoms with Crippen molar-refractivity contribution in [2.75, 3.05) is 5.73 Å². The van der Waals surface area contributed by atoms with Gasteiger partial charge in [-0.2, -0.15) is 18.3 Å². The van der Waals surface area contributed by atoms with Crippen molar-refractivity contribution in [1.82, 2.24) is 10.2 Å². The molecular weight excluding hydrogens is 235 g/mol. The van der Waals surface area contributed by atoms with E-state index in [2.05, 4.69) is 10.2 Å². The number of phenolic OH excluding ortho intramolecular Hbond substituents is 1. The van der Waals surface area contributed by atoms with Crippen molar-refractivity contribution in [3.05, 3.63) is 30.0 Å². The van der Waals surface area contributed by atoms with Gasteiger partial charge in [-0.15, -0.1) is 0 Å². The van der Waals surface area contributed by atoms with Crippen LogP contribution in [0.15, 0.2) is 24.4 Å². The summed E-state index contributed by atoms with van der Waals surface area (Å²) in [5.74, 6) is -0.483. The summed E-state index contributed by atoms with van der Waals surface area (Å²) in [6.07, 6.45) is -3.24. The Morgan fingerprint density at radius 2 is 1.94 bits per heavy atom. The maximum Gasteiger partial charge on any atom is 0.416 e. The lowest BCUT2D eigenvalue weighted by Gasteiger charge is -2.09. The number of rotatable bonds is 1. The summed E-state index contributed by atoms with van der Waals surface area (Å²) < 4.78 is 37.6. The molecule has 1 aromatic heterocycles. The number of aromatic nitrogens is 2. The summed E-state index contributed by atoms with van der Waals surface area (Å²) in [4.78, 5) is 0. The van der Waals surface area contributed by atoms with Gasteiger partial charge in [-0.05, 0) is 18.2 Å². The molecule has 0 radical (unpaired) electrons. The van der Waals surface area contributed by atoms with Crippen LogP contribution in [0.3, 0.4) is 0 Å². The molecule has 0 atom stereocenters. The fourth-order valence-electron chi connectivity index (χ4n) is 1.45. The average Bonchev–Trinajstić information content (AvgIpc) is 2.62. The van der Waals surface area contributed by atoms with E-state index in [4.69, 9.17) is 5.73 Å². The summed E-state index contributed by atoms with van der Waals surface area (Å²) in [6, 6.07) is 2.72. The predicted molar refractivity (Wildman–Crippen MR) is 55.1 cm³/mol. The number of H-pyrrole nitrogens is 1. The fourth-order valence-corrected chi connectivity index (χ4v) is 1.45. The van der Waals surface area contributed by atoms with Crippen molar-refractivity contribution >= 4 is 5.69 Å². The van der Waals surface area contributed by atoms with Crippen LogP contribution in [0.25, 0.3) is 11.3 Å². The van der Waals surface area contributed by atoms with Gasteiger partial charge in [-0.25, -0.2) is 0 Å². The molecule has 0 aliphatic rings. The maximum absolute atomic E-state index is 12.5. The molecule has 4 N–H and O–H groups in total. The van der Waals surface area contributed by atoms with Gasteiger partial charge >= 0.3 is 6.18 Å². The molecule has 4 nitrogen and oxygen atoms in total. The second-order valence-electron chi connectivity index (χ2n) is 3.47. The lowest BCUT2D eigenvalue weighted by molar-refractivity contribution is -0.137. The van der Waals surface area contributed by atoms with Crippen LogP contribution in [0, 0.1) is 0 Å². The van der Waals surface area contributed by atoms with Crippen molar-refractivity contribution in [2.45, 2.75) is 6.18 Å². The number of nitrogens with one attached hydrogen (secondary N) is 1. The van der Waals surface area contributed by atoms with E-state index in [0.717, 1.165) is 6.07 Å². The van der Waals surface area contributed by atoms with Gasteiger partial charge in [0.1, 0.15) is 5.75 Å². The third-order valence-corrected chi connectivity index (χ3v) is 2.20. The van der Waals surface area contributed by atoms with Gasteiger partial charge in [0.2, 0.25) is 0 Å². The van der Waals surface area contributed by atoms with Crippen LogP contribution in [0.5, 0.6) is 5.75 Å². The second-order valence-corrected chi connectivity index (χ2v) is 3.47. The number of nitrogens with zero attached hydrogens (tertiary/aromatic N) is 1. The van der Waals surface area contributed by atoms with Crippen LogP contribution in [0.1, 0.15) is 5.56 Å². The fraction of sp³-hybridized carbons (Fsp3) is 0.100. The number of benzene rings is 1. The molecule has 0 spiro atoms. The van der Waals surface area contributed by atoms with E-state index in [-0.39, 0.29) is 16.9 Å². The van der Waals surface area contributed by atoms with E-state index in [1.54, 1.807) is 0 Å². The van der Waals surface area contributed by atoms with Crippen LogP contribution in [-0.2, 0) is 6.18 Å². The van der Waals surface area contributed by atoms with Crippen molar-refractivity contribution < 1.29 is 18.3 Å². The minimum Gasteiger partial charge on any atom is -0.508 e. The maximum atomic E-state index is 12.5. The Bertz CT molecular complexity index is 548. The highest BCUT2D eigenvalue weighted by atomic mass is 19.4. The van der Waals surface area contributed by atoms with E-state index < -0.39 is 17.5 Å². The predicted octanol–water partition coefficient (Wildman–Crippen LogP) is 2.38. The number of aromatic hydroxyl groups is 1. The van der Waals surface area contributed by atoms with Crippen molar-refractivity contribution in [3.63, 3.8) is 0 Å². The Balaban J connectivity index is 2.57. The molecular formula is C10H8F3N3O. The van der Waals surface area contributed by atoms with Gasteiger partial charge in [0.15, 0.2) is 0 Å².